The summed E-state index contributed by atoms with van der Waals surface area (Å²) in [5.41, 5.74) is 11.9. The number of halogens is 1. The Hall–Kier alpha value is -2.67. The van der Waals surface area contributed by atoms with Crippen LogP contribution in [0.25, 0.3) is 11.4 Å². The lowest BCUT2D eigenvalue weighted by atomic mass is 10.2. The van der Waals surface area contributed by atoms with Crippen LogP contribution in [-0.2, 0) is 0 Å². The van der Waals surface area contributed by atoms with Crippen molar-refractivity contribution < 1.29 is 4.74 Å². The molecule has 3 rings (SSSR count). The molecule has 2 aromatic carbocycles. The molecule has 0 saturated carbocycles. The molecule has 0 spiro atoms. The third-order valence-corrected chi connectivity index (χ3v) is 3.36. The fourth-order valence-corrected chi connectivity index (χ4v) is 2.11. The first-order valence-electron chi connectivity index (χ1n) is 6.41. The van der Waals surface area contributed by atoms with Gasteiger partial charge in [0.2, 0.25) is 11.9 Å². The maximum atomic E-state index is 5.75. The molecular weight excluding hydrogens is 346 g/mol. The van der Waals surface area contributed by atoms with Crippen LogP contribution >= 0.6 is 15.9 Å². The van der Waals surface area contributed by atoms with Gasteiger partial charge in [-0.05, 0) is 48.5 Å². The van der Waals surface area contributed by atoms with E-state index >= 15 is 0 Å². The SMILES string of the molecule is Nc1nc(N)nc(-c2ccc(Oc3ccc(Br)cc3)cc2)n1. The van der Waals surface area contributed by atoms with E-state index in [4.69, 9.17) is 16.2 Å². The number of anilines is 2. The van der Waals surface area contributed by atoms with Gasteiger partial charge in [0.15, 0.2) is 5.82 Å². The minimum Gasteiger partial charge on any atom is -0.457 e. The van der Waals surface area contributed by atoms with Crippen molar-refractivity contribution in [1.82, 2.24) is 15.0 Å². The fourth-order valence-electron chi connectivity index (χ4n) is 1.85. The van der Waals surface area contributed by atoms with Crippen LogP contribution in [0.2, 0.25) is 0 Å². The highest BCUT2D eigenvalue weighted by atomic mass is 79.9. The smallest absolute Gasteiger partial charge is 0.225 e. The van der Waals surface area contributed by atoms with Gasteiger partial charge in [0.1, 0.15) is 11.5 Å². The van der Waals surface area contributed by atoms with Crippen LogP contribution in [0.1, 0.15) is 0 Å². The molecule has 6 nitrogen and oxygen atoms in total. The summed E-state index contributed by atoms with van der Waals surface area (Å²) in [6.45, 7) is 0. The molecule has 0 aliphatic carbocycles. The number of benzene rings is 2. The molecule has 0 amide bonds. The number of aromatic nitrogens is 3. The van der Waals surface area contributed by atoms with Crippen molar-refractivity contribution in [2.24, 2.45) is 0 Å². The van der Waals surface area contributed by atoms with Crippen LogP contribution in [0.3, 0.4) is 0 Å². The summed E-state index contributed by atoms with van der Waals surface area (Å²) < 4.78 is 6.75. The Morgan fingerprint density at radius 2 is 1.23 bits per heavy atom. The van der Waals surface area contributed by atoms with Crippen LogP contribution in [-0.4, -0.2) is 15.0 Å². The predicted octanol–water partition coefficient (Wildman–Crippen LogP) is 3.26. The predicted molar refractivity (Wildman–Crippen MR) is 88.3 cm³/mol. The van der Waals surface area contributed by atoms with Gasteiger partial charge in [-0.3, -0.25) is 0 Å². The van der Waals surface area contributed by atoms with Gasteiger partial charge < -0.3 is 16.2 Å². The van der Waals surface area contributed by atoms with Gasteiger partial charge in [0.25, 0.3) is 0 Å². The number of nitrogen functional groups attached to an aromatic ring is 2. The molecule has 0 aliphatic rings. The Morgan fingerprint density at radius 1 is 0.727 bits per heavy atom. The Balaban J connectivity index is 1.81. The summed E-state index contributed by atoms with van der Waals surface area (Å²) >= 11 is 3.38. The molecule has 1 heterocycles. The third-order valence-electron chi connectivity index (χ3n) is 2.83. The lowest BCUT2D eigenvalue weighted by Gasteiger charge is -2.07. The summed E-state index contributed by atoms with van der Waals surface area (Å²) in [4.78, 5) is 11.9. The van der Waals surface area contributed by atoms with Crippen LogP contribution in [0.4, 0.5) is 11.9 Å². The van der Waals surface area contributed by atoms with Gasteiger partial charge in [-0.15, -0.1) is 0 Å². The highest BCUT2D eigenvalue weighted by Crippen LogP contribution is 2.25. The third kappa shape index (κ3) is 3.32. The molecule has 7 heteroatoms. The van der Waals surface area contributed by atoms with E-state index in [-0.39, 0.29) is 11.9 Å². The minimum absolute atomic E-state index is 0.0951. The van der Waals surface area contributed by atoms with Gasteiger partial charge in [-0.25, -0.2) is 0 Å². The second kappa shape index (κ2) is 5.98. The monoisotopic (exact) mass is 357 g/mol. The van der Waals surface area contributed by atoms with Gasteiger partial charge in [-0.1, -0.05) is 15.9 Å². The van der Waals surface area contributed by atoms with E-state index in [1.54, 1.807) is 0 Å². The standard InChI is InChI=1S/C15H12BrN5O/c16-10-3-7-12(8-4-10)22-11-5-1-9(2-6-11)13-19-14(17)21-15(18)20-13/h1-8H,(H4,17,18,19,20,21). The molecule has 0 aliphatic heterocycles. The number of ether oxygens (including phenoxy) is 1. The maximum Gasteiger partial charge on any atom is 0.225 e. The molecule has 0 bridgehead atoms. The topological polar surface area (TPSA) is 99.9 Å². The van der Waals surface area contributed by atoms with E-state index in [2.05, 4.69) is 30.9 Å². The molecule has 0 fully saturated rings. The molecule has 0 radical (unpaired) electrons. The quantitative estimate of drug-likeness (QED) is 0.746. The molecule has 110 valence electrons. The zero-order valence-electron chi connectivity index (χ0n) is 11.4. The van der Waals surface area contributed by atoms with Crippen molar-refractivity contribution >= 4 is 27.8 Å². The van der Waals surface area contributed by atoms with Crippen molar-refractivity contribution in [3.63, 3.8) is 0 Å². The molecular formula is C15H12BrN5O. The van der Waals surface area contributed by atoms with E-state index in [1.165, 1.54) is 0 Å². The first-order valence-corrected chi connectivity index (χ1v) is 7.20. The van der Waals surface area contributed by atoms with Crippen molar-refractivity contribution in [3.05, 3.63) is 53.0 Å². The molecule has 22 heavy (non-hydrogen) atoms. The van der Waals surface area contributed by atoms with Gasteiger partial charge in [0, 0.05) is 10.0 Å². The molecule has 0 saturated heterocycles. The van der Waals surface area contributed by atoms with Gasteiger partial charge in [-0.2, -0.15) is 15.0 Å². The number of nitrogens with two attached hydrogens (primary N) is 2. The summed E-state index contributed by atoms with van der Waals surface area (Å²) in [7, 11) is 0. The van der Waals surface area contributed by atoms with Gasteiger partial charge in [0.05, 0.1) is 0 Å². The zero-order valence-corrected chi connectivity index (χ0v) is 13.0. The Bertz CT molecular complexity index is 770. The molecule has 0 atom stereocenters. The number of hydrogen-bond acceptors (Lipinski definition) is 6. The number of rotatable bonds is 3. The van der Waals surface area contributed by atoms with E-state index in [9.17, 15) is 0 Å². The van der Waals surface area contributed by atoms with Crippen molar-refractivity contribution in [3.8, 4) is 22.9 Å². The largest absolute Gasteiger partial charge is 0.457 e. The van der Waals surface area contributed by atoms with Crippen LogP contribution in [0.15, 0.2) is 53.0 Å². The van der Waals surface area contributed by atoms with Crippen LogP contribution < -0.4 is 16.2 Å². The van der Waals surface area contributed by atoms with Crippen molar-refractivity contribution in [2.75, 3.05) is 11.5 Å². The molecule has 0 unspecified atom stereocenters. The second-order valence-corrected chi connectivity index (χ2v) is 5.37. The maximum absolute atomic E-state index is 5.75. The zero-order chi connectivity index (χ0) is 15.5. The summed E-state index contributed by atoms with van der Waals surface area (Å²) in [6.07, 6.45) is 0. The van der Waals surface area contributed by atoms with Gasteiger partial charge >= 0.3 is 0 Å². The first kappa shape index (κ1) is 14.3. The highest BCUT2D eigenvalue weighted by Gasteiger charge is 2.05. The average Bonchev–Trinajstić information content (AvgIpc) is 2.49. The Kier molecular flexibility index (Phi) is 3.88. The lowest BCUT2D eigenvalue weighted by Crippen LogP contribution is -2.04. The van der Waals surface area contributed by atoms with E-state index in [0.29, 0.717) is 11.6 Å². The fraction of sp³-hybridized carbons (Fsp3) is 0. The first-order chi connectivity index (χ1) is 10.6. The van der Waals surface area contributed by atoms with E-state index < -0.39 is 0 Å². The normalized spacial score (nSPS) is 10.4. The van der Waals surface area contributed by atoms with Crippen molar-refractivity contribution in [2.45, 2.75) is 0 Å². The van der Waals surface area contributed by atoms with E-state index in [0.717, 1.165) is 15.8 Å². The summed E-state index contributed by atoms with van der Waals surface area (Å²) in [5.74, 6) is 2.08. The summed E-state index contributed by atoms with van der Waals surface area (Å²) in [6, 6.07) is 14.9. The number of nitrogens with zero attached hydrogens (tertiary/aromatic N) is 3. The average molecular weight is 358 g/mol. The minimum atomic E-state index is 0.0951. The van der Waals surface area contributed by atoms with Crippen molar-refractivity contribution in [1.29, 1.82) is 0 Å². The molecule has 3 aromatic rings. The lowest BCUT2D eigenvalue weighted by molar-refractivity contribution is 0.482. The molecule has 4 N–H and O–H groups in total. The van der Waals surface area contributed by atoms with Crippen LogP contribution in [0, 0.1) is 0 Å². The Labute approximate surface area is 135 Å². The second-order valence-electron chi connectivity index (χ2n) is 4.46. The summed E-state index contributed by atoms with van der Waals surface area (Å²) in [5, 5.41) is 0. The van der Waals surface area contributed by atoms with Crippen LogP contribution in [0.5, 0.6) is 11.5 Å². The number of hydrogen-bond donors (Lipinski definition) is 2. The van der Waals surface area contributed by atoms with E-state index in [1.807, 2.05) is 48.5 Å². The molecule has 1 aromatic heterocycles. The Morgan fingerprint density at radius 3 is 1.77 bits per heavy atom. The highest BCUT2D eigenvalue weighted by molar-refractivity contribution is 9.10.